The standard InChI is InChI=1S/C38H38N6O2/c1-37(2)28-18-17-26(21-29(28)38(3,4)46-37)33-32(45)22-27(23-39-33)34-40-35(43-19-9-13-24-11-5-7-15-30(24)43)42-36(41-34)44-20-10-14-25-12-6-8-16-31(25)44/h5-8,11-12,15-18,21-23,45H,9-10,13-14,19-20H2,1-4H3. The van der Waals surface area contributed by atoms with E-state index in [2.05, 4.69) is 98.2 Å². The number of hydrogen-bond acceptors (Lipinski definition) is 8. The Bertz CT molecular complexity index is 1910. The molecule has 8 heteroatoms. The second-order valence-corrected chi connectivity index (χ2v) is 13.5. The monoisotopic (exact) mass is 610 g/mol. The van der Waals surface area contributed by atoms with Gasteiger partial charge in [0.25, 0.3) is 0 Å². The first-order valence-corrected chi connectivity index (χ1v) is 16.2. The molecule has 0 saturated carbocycles. The summed E-state index contributed by atoms with van der Waals surface area (Å²) in [4.78, 5) is 24.3. The van der Waals surface area contributed by atoms with Gasteiger partial charge in [0.05, 0.1) is 11.2 Å². The van der Waals surface area contributed by atoms with Gasteiger partial charge in [-0.15, -0.1) is 0 Å². The van der Waals surface area contributed by atoms with Gasteiger partial charge >= 0.3 is 0 Å². The molecule has 5 heterocycles. The summed E-state index contributed by atoms with van der Waals surface area (Å²) in [5.74, 6) is 1.75. The topological polar surface area (TPSA) is 87.5 Å². The van der Waals surface area contributed by atoms with Gasteiger partial charge in [0.1, 0.15) is 11.4 Å². The van der Waals surface area contributed by atoms with Gasteiger partial charge in [-0.3, -0.25) is 4.98 Å². The van der Waals surface area contributed by atoms with E-state index in [1.807, 2.05) is 6.07 Å². The minimum absolute atomic E-state index is 0.0728. The lowest BCUT2D eigenvalue weighted by Crippen LogP contribution is -2.30. The van der Waals surface area contributed by atoms with Crippen LogP contribution in [0.1, 0.15) is 62.8 Å². The van der Waals surface area contributed by atoms with Crippen LogP contribution in [0.5, 0.6) is 5.75 Å². The van der Waals surface area contributed by atoms with Crippen LogP contribution in [0.4, 0.5) is 23.3 Å². The number of aromatic hydroxyl groups is 1. The Balaban J connectivity index is 1.23. The van der Waals surface area contributed by atoms with Crippen molar-refractivity contribution in [1.82, 2.24) is 19.9 Å². The molecule has 0 saturated heterocycles. The summed E-state index contributed by atoms with van der Waals surface area (Å²) in [5, 5.41) is 11.4. The van der Waals surface area contributed by atoms with Gasteiger partial charge < -0.3 is 19.6 Å². The lowest BCUT2D eigenvalue weighted by atomic mass is 9.88. The summed E-state index contributed by atoms with van der Waals surface area (Å²) in [6.07, 6.45) is 5.83. The quantitative estimate of drug-likeness (QED) is 0.219. The first kappa shape index (κ1) is 28.6. The zero-order valence-electron chi connectivity index (χ0n) is 26.8. The number of aromatic nitrogens is 4. The third-order valence-electron chi connectivity index (χ3n) is 9.54. The van der Waals surface area contributed by atoms with Gasteiger partial charge in [-0.2, -0.15) is 15.0 Å². The predicted molar refractivity (Wildman–Crippen MR) is 181 cm³/mol. The summed E-state index contributed by atoms with van der Waals surface area (Å²) in [6, 6.07) is 24.8. The average molecular weight is 611 g/mol. The van der Waals surface area contributed by atoms with Gasteiger partial charge in [0.2, 0.25) is 11.9 Å². The highest BCUT2D eigenvalue weighted by Gasteiger charge is 2.43. The maximum atomic E-state index is 11.4. The van der Waals surface area contributed by atoms with E-state index in [9.17, 15) is 5.11 Å². The van der Waals surface area contributed by atoms with Crippen molar-refractivity contribution < 1.29 is 9.84 Å². The number of para-hydroxylation sites is 2. The Kier molecular flexibility index (Phi) is 6.62. The molecular formula is C38H38N6O2. The van der Waals surface area contributed by atoms with Gasteiger partial charge in [0.15, 0.2) is 5.82 Å². The SMILES string of the molecule is CC1(C)OC(C)(C)c2cc(-c3ncc(-c4nc(N5CCCc6ccccc65)nc(N5CCCc6ccccc65)n4)cc3O)ccc21. The minimum Gasteiger partial charge on any atom is -0.506 e. The Hall–Kier alpha value is -4.82. The van der Waals surface area contributed by atoms with Crippen molar-refractivity contribution in [3.8, 4) is 28.4 Å². The highest BCUT2D eigenvalue weighted by Crippen LogP contribution is 2.48. The Labute approximate surface area is 269 Å². The van der Waals surface area contributed by atoms with E-state index in [1.54, 1.807) is 12.3 Å². The number of fused-ring (bicyclic) bond motifs is 3. The van der Waals surface area contributed by atoms with Crippen LogP contribution >= 0.6 is 0 Å². The fourth-order valence-corrected chi connectivity index (χ4v) is 7.47. The molecule has 0 radical (unpaired) electrons. The number of rotatable bonds is 4. The highest BCUT2D eigenvalue weighted by atomic mass is 16.5. The summed E-state index contributed by atoms with van der Waals surface area (Å²) < 4.78 is 6.36. The van der Waals surface area contributed by atoms with Crippen LogP contribution < -0.4 is 9.80 Å². The normalized spacial score (nSPS) is 17.7. The number of pyridine rings is 1. The number of ether oxygens (including phenoxy) is 1. The molecule has 1 N–H and O–H groups in total. The van der Waals surface area contributed by atoms with Gasteiger partial charge in [0, 0.05) is 41.8 Å². The molecule has 3 aliphatic rings. The Morgan fingerprint density at radius 3 is 1.87 bits per heavy atom. The largest absolute Gasteiger partial charge is 0.506 e. The third kappa shape index (κ3) is 4.79. The summed E-state index contributed by atoms with van der Waals surface area (Å²) in [6.45, 7) is 9.97. The Morgan fingerprint density at radius 1 is 0.674 bits per heavy atom. The molecule has 0 atom stereocenters. The molecule has 0 fully saturated rings. The third-order valence-corrected chi connectivity index (χ3v) is 9.54. The van der Waals surface area contributed by atoms with Crippen molar-refractivity contribution >= 4 is 23.3 Å². The van der Waals surface area contributed by atoms with E-state index in [4.69, 9.17) is 24.7 Å². The number of anilines is 4. The van der Waals surface area contributed by atoms with Gasteiger partial charge in [-0.1, -0.05) is 48.5 Å². The molecule has 0 bridgehead atoms. The summed E-state index contributed by atoms with van der Waals surface area (Å²) >= 11 is 0. The van der Waals surface area contributed by atoms with Crippen molar-refractivity contribution in [2.75, 3.05) is 22.9 Å². The second-order valence-electron chi connectivity index (χ2n) is 13.5. The van der Waals surface area contributed by atoms with Gasteiger partial charge in [-0.25, -0.2) is 0 Å². The molecular weight excluding hydrogens is 572 g/mol. The van der Waals surface area contributed by atoms with Crippen LogP contribution in [0.25, 0.3) is 22.6 Å². The van der Waals surface area contributed by atoms with E-state index in [0.29, 0.717) is 29.0 Å². The molecule has 3 aromatic carbocycles. The molecule has 0 amide bonds. The van der Waals surface area contributed by atoms with E-state index in [-0.39, 0.29) is 11.4 Å². The predicted octanol–water partition coefficient (Wildman–Crippen LogP) is 7.98. The van der Waals surface area contributed by atoms with Crippen LogP contribution in [-0.4, -0.2) is 38.1 Å². The number of hydrogen-bond donors (Lipinski definition) is 1. The molecule has 5 aromatic rings. The molecule has 8 nitrogen and oxygen atoms in total. The molecule has 3 aliphatic heterocycles. The maximum absolute atomic E-state index is 11.4. The van der Waals surface area contributed by atoms with Crippen molar-refractivity contribution in [3.05, 3.63) is 101 Å². The molecule has 0 spiro atoms. The lowest BCUT2D eigenvalue weighted by molar-refractivity contribution is -0.105. The molecule has 0 aliphatic carbocycles. The highest BCUT2D eigenvalue weighted by molar-refractivity contribution is 5.74. The van der Waals surface area contributed by atoms with E-state index >= 15 is 0 Å². The van der Waals surface area contributed by atoms with Crippen molar-refractivity contribution in [2.45, 2.75) is 64.6 Å². The van der Waals surface area contributed by atoms with E-state index < -0.39 is 5.60 Å². The summed E-state index contributed by atoms with van der Waals surface area (Å²) in [7, 11) is 0. The van der Waals surface area contributed by atoms with Crippen LogP contribution in [0.15, 0.2) is 79.0 Å². The van der Waals surface area contributed by atoms with Crippen molar-refractivity contribution in [3.63, 3.8) is 0 Å². The molecule has 46 heavy (non-hydrogen) atoms. The van der Waals surface area contributed by atoms with E-state index in [1.165, 1.54) is 11.1 Å². The zero-order chi connectivity index (χ0) is 31.6. The molecule has 0 unspecified atom stereocenters. The van der Waals surface area contributed by atoms with E-state index in [0.717, 1.165) is 66.8 Å². The molecule has 2 aromatic heterocycles. The second kappa shape index (κ2) is 10.6. The number of aryl methyl sites for hydroxylation is 2. The number of benzene rings is 3. The van der Waals surface area contributed by atoms with Crippen molar-refractivity contribution in [2.24, 2.45) is 0 Å². The lowest BCUT2D eigenvalue weighted by Gasteiger charge is -2.32. The van der Waals surface area contributed by atoms with Crippen LogP contribution in [0.2, 0.25) is 0 Å². The van der Waals surface area contributed by atoms with Crippen LogP contribution in [0.3, 0.4) is 0 Å². The van der Waals surface area contributed by atoms with Crippen LogP contribution in [0, 0.1) is 0 Å². The first-order valence-electron chi connectivity index (χ1n) is 16.2. The first-order chi connectivity index (χ1) is 22.2. The fraction of sp³-hybridized carbons (Fsp3) is 0.316. The number of nitrogens with zero attached hydrogens (tertiary/aromatic N) is 6. The van der Waals surface area contributed by atoms with Crippen molar-refractivity contribution in [1.29, 1.82) is 0 Å². The molecule has 8 rings (SSSR count). The zero-order valence-corrected chi connectivity index (χ0v) is 26.8. The molecule has 232 valence electrons. The van der Waals surface area contributed by atoms with Crippen LogP contribution in [-0.2, 0) is 28.8 Å². The summed E-state index contributed by atoms with van der Waals surface area (Å²) in [5.41, 5.74) is 8.24. The fourth-order valence-electron chi connectivity index (χ4n) is 7.47. The smallest absolute Gasteiger partial charge is 0.235 e. The minimum atomic E-state index is -0.442. The Morgan fingerprint density at radius 2 is 1.26 bits per heavy atom. The maximum Gasteiger partial charge on any atom is 0.235 e. The average Bonchev–Trinajstić information content (AvgIpc) is 3.26. The van der Waals surface area contributed by atoms with Gasteiger partial charge in [-0.05, 0) is 99.9 Å².